The van der Waals surface area contributed by atoms with Gasteiger partial charge in [0.15, 0.2) is 0 Å². The van der Waals surface area contributed by atoms with Crippen molar-refractivity contribution in [3.8, 4) is 0 Å². The summed E-state index contributed by atoms with van der Waals surface area (Å²) in [5.74, 6) is 0.389. The number of Topliss-reactive ketones (excluding diaryl/α,β-unsaturated/α-hetero) is 1. The van der Waals surface area contributed by atoms with E-state index in [4.69, 9.17) is 0 Å². The van der Waals surface area contributed by atoms with Gasteiger partial charge in [0.05, 0.1) is 18.3 Å². The van der Waals surface area contributed by atoms with Crippen LogP contribution in [0.25, 0.3) is 10.2 Å². The van der Waals surface area contributed by atoms with Crippen molar-refractivity contribution < 1.29 is 4.79 Å². The second-order valence-electron chi connectivity index (χ2n) is 5.29. The van der Waals surface area contributed by atoms with Gasteiger partial charge in [0, 0.05) is 4.88 Å². The zero-order valence-corrected chi connectivity index (χ0v) is 11.9. The van der Waals surface area contributed by atoms with Crippen LogP contribution in [0.4, 0.5) is 0 Å². The van der Waals surface area contributed by atoms with Crippen LogP contribution in [0, 0.1) is 0 Å². The molecule has 0 radical (unpaired) electrons. The first kappa shape index (κ1) is 12.5. The summed E-state index contributed by atoms with van der Waals surface area (Å²) in [6.07, 6.45) is 4.86. The zero-order chi connectivity index (χ0) is 13.6. The number of nitrogens with zero attached hydrogens (tertiary/aromatic N) is 2. The van der Waals surface area contributed by atoms with Crippen molar-refractivity contribution in [1.82, 2.24) is 9.55 Å². The lowest BCUT2D eigenvalue weighted by Crippen LogP contribution is -2.24. The molecule has 2 heterocycles. The quantitative estimate of drug-likeness (QED) is 0.846. The van der Waals surface area contributed by atoms with E-state index in [2.05, 4.69) is 11.9 Å². The second-order valence-corrected chi connectivity index (χ2v) is 6.38. The second kappa shape index (κ2) is 4.56. The van der Waals surface area contributed by atoms with Gasteiger partial charge < -0.3 is 0 Å². The summed E-state index contributed by atoms with van der Waals surface area (Å²) in [5, 5.41) is 0.746. The largest absolute Gasteiger partial charge is 0.298 e. The molecule has 0 aromatic carbocycles. The van der Waals surface area contributed by atoms with E-state index in [-0.39, 0.29) is 17.9 Å². The lowest BCUT2D eigenvalue weighted by molar-refractivity contribution is -0.117. The maximum atomic E-state index is 12.5. The fourth-order valence-corrected chi connectivity index (χ4v) is 4.16. The van der Waals surface area contributed by atoms with Crippen molar-refractivity contribution in [3.63, 3.8) is 0 Å². The highest BCUT2D eigenvalue weighted by Gasteiger charge is 2.24. The van der Waals surface area contributed by atoms with Gasteiger partial charge in [0.1, 0.15) is 10.6 Å². The molecule has 19 heavy (non-hydrogen) atoms. The van der Waals surface area contributed by atoms with Crippen LogP contribution in [0.3, 0.4) is 0 Å². The Bertz CT molecular complexity index is 714. The number of aryl methyl sites for hydroxylation is 1. The van der Waals surface area contributed by atoms with Crippen LogP contribution in [-0.4, -0.2) is 15.3 Å². The number of aromatic nitrogens is 2. The van der Waals surface area contributed by atoms with Crippen LogP contribution in [-0.2, 0) is 17.8 Å². The topological polar surface area (TPSA) is 52.0 Å². The monoisotopic (exact) mass is 276 g/mol. The maximum absolute atomic E-state index is 12.5. The van der Waals surface area contributed by atoms with Gasteiger partial charge in [-0.25, -0.2) is 4.98 Å². The molecular formula is C14H16N2O2S. The smallest absolute Gasteiger partial charge is 0.262 e. The van der Waals surface area contributed by atoms with Gasteiger partial charge in [0.25, 0.3) is 5.56 Å². The average molecular weight is 276 g/mol. The lowest BCUT2D eigenvalue weighted by atomic mass is 9.88. The Labute approximate surface area is 115 Å². The van der Waals surface area contributed by atoms with Gasteiger partial charge in [-0.3, -0.25) is 14.2 Å². The highest BCUT2D eigenvalue weighted by Crippen LogP contribution is 2.39. The molecule has 3 rings (SSSR count). The van der Waals surface area contributed by atoms with E-state index in [1.54, 1.807) is 11.3 Å². The van der Waals surface area contributed by atoms with Crippen molar-refractivity contribution >= 4 is 27.3 Å². The molecule has 1 atom stereocenters. The van der Waals surface area contributed by atoms with Crippen LogP contribution in [0.1, 0.15) is 43.0 Å². The molecular weight excluding hydrogens is 260 g/mol. The molecule has 0 saturated carbocycles. The normalized spacial score (nSPS) is 18.5. The molecule has 0 bridgehead atoms. The summed E-state index contributed by atoms with van der Waals surface area (Å²) in [6.45, 7) is 3.77. The number of carbonyl (C=O) groups is 1. The minimum atomic E-state index is -0.0635. The van der Waals surface area contributed by atoms with Crippen LogP contribution in [0.15, 0.2) is 11.1 Å². The van der Waals surface area contributed by atoms with Gasteiger partial charge in [-0.05, 0) is 37.7 Å². The van der Waals surface area contributed by atoms with Crippen LogP contribution in [0.5, 0.6) is 0 Å². The molecule has 0 fully saturated rings. The molecule has 100 valence electrons. The Hall–Kier alpha value is -1.49. The minimum absolute atomic E-state index is 0.0274. The van der Waals surface area contributed by atoms with Crippen LogP contribution >= 0.6 is 11.3 Å². The number of hydrogen-bond acceptors (Lipinski definition) is 4. The Morgan fingerprint density at radius 1 is 1.58 bits per heavy atom. The summed E-state index contributed by atoms with van der Waals surface area (Å²) in [6, 6.07) is 0. The number of hydrogen-bond donors (Lipinski definition) is 0. The first-order valence-corrected chi connectivity index (χ1v) is 7.39. The van der Waals surface area contributed by atoms with E-state index in [1.807, 2.05) is 0 Å². The molecule has 0 spiro atoms. The summed E-state index contributed by atoms with van der Waals surface area (Å²) in [4.78, 5) is 30.2. The van der Waals surface area contributed by atoms with Gasteiger partial charge in [-0.15, -0.1) is 11.3 Å². The summed E-state index contributed by atoms with van der Waals surface area (Å²) < 4.78 is 1.43. The van der Waals surface area contributed by atoms with Gasteiger partial charge >= 0.3 is 0 Å². The third-order valence-electron chi connectivity index (χ3n) is 3.72. The van der Waals surface area contributed by atoms with Crippen molar-refractivity contribution in [1.29, 1.82) is 0 Å². The first-order chi connectivity index (χ1) is 9.08. The van der Waals surface area contributed by atoms with Gasteiger partial charge in [-0.2, -0.15) is 0 Å². The molecule has 1 aliphatic rings. The van der Waals surface area contributed by atoms with E-state index in [0.29, 0.717) is 5.92 Å². The Balaban J connectivity index is 2.27. The van der Waals surface area contributed by atoms with E-state index in [1.165, 1.54) is 34.7 Å². The molecule has 1 aliphatic carbocycles. The van der Waals surface area contributed by atoms with Gasteiger partial charge in [-0.1, -0.05) is 6.92 Å². The summed E-state index contributed by atoms with van der Waals surface area (Å²) in [5.41, 5.74) is 1.12. The molecule has 2 aromatic rings. The predicted molar refractivity (Wildman–Crippen MR) is 75.9 cm³/mol. The van der Waals surface area contributed by atoms with Crippen molar-refractivity contribution in [2.24, 2.45) is 0 Å². The van der Waals surface area contributed by atoms with E-state index < -0.39 is 0 Å². The van der Waals surface area contributed by atoms with Crippen LogP contribution in [0.2, 0.25) is 0 Å². The Morgan fingerprint density at radius 3 is 3.11 bits per heavy atom. The van der Waals surface area contributed by atoms with Crippen molar-refractivity contribution in [3.05, 3.63) is 27.1 Å². The Morgan fingerprint density at radius 2 is 2.37 bits per heavy atom. The van der Waals surface area contributed by atoms with E-state index >= 15 is 0 Å². The highest BCUT2D eigenvalue weighted by atomic mass is 32.1. The number of ketones is 1. The first-order valence-electron chi connectivity index (χ1n) is 6.58. The van der Waals surface area contributed by atoms with Crippen LogP contribution < -0.4 is 5.56 Å². The van der Waals surface area contributed by atoms with Gasteiger partial charge in [0.2, 0.25) is 0 Å². The Kier molecular flexibility index (Phi) is 3.01. The maximum Gasteiger partial charge on any atom is 0.262 e. The summed E-state index contributed by atoms with van der Waals surface area (Å²) >= 11 is 1.64. The van der Waals surface area contributed by atoms with E-state index in [9.17, 15) is 9.59 Å². The fraction of sp³-hybridized carbons (Fsp3) is 0.500. The van der Waals surface area contributed by atoms with Crippen molar-refractivity contribution in [2.45, 2.75) is 45.6 Å². The molecule has 0 saturated heterocycles. The van der Waals surface area contributed by atoms with E-state index in [0.717, 1.165) is 23.1 Å². The third-order valence-corrected chi connectivity index (χ3v) is 4.89. The summed E-state index contributed by atoms with van der Waals surface area (Å²) in [7, 11) is 0. The molecule has 0 amide bonds. The molecule has 5 heteroatoms. The standard InChI is InChI=1S/C14H16N2O2S/c1-8-4-3-5-10-11(8)12-13(19-10)15-7-16(14(12)18)6-9(2)17/h7-8H,3-6H2,1-2H3. The average Bonchev–Trinajstić information content (AvgIpc) is 2.73. The minimum Gasteiger partial charge on any atom is -0.298 e. The SMILES string of the molecule is CC(=O)Cn1cnc2sc3c(c2c1=O)C(C)CCC3. The third kappa shape index (κ3) is 2.02. The molecule has 1 unspecified atom stereocenters. The lowest BCUT2D eigenvalue weighted by Gasteiger charge is -2.18. The number of carbonyl (C=O) groups excluding carboxylic acids is 1. The fourth-order valence-electron chi connectivity index (χ4n) is 2.87. The molecule has 0 aliphatic heterocycles. The molecule has 2 aromatic heterocycles. The number of rotatable bonds is 2. The van der Waals surface area contributed by atoms with Crippen molar-refractivity contribution in [2.75, 3.05) is 0 Å². The number of thiophene rings is 1. The predicted octanol–water partition coefficient (Wildman–Crippen LogP) is 2.49. The molecule has 0 N–H and O–H groups in total. The highest BCUT2D eigenvalue weighted by molar-refractivity contribution is 7.18. The molecule has 4 nitrogen and oxygen atoms in total. The zero-order valence-electron chi connectivity index (χ0n) is 11.1. The number of fused-ring (bicyclic) bond motifs is 3.